The lowest BCUT2D eigenvalue weighted by molar-refractivity contribution is -0.137. The van der Waals surface area contributed by atoms with Crippen LogP contribution in [-0.2, 0) is 11.0 Å². The number of nitrogens with zero attached hydrogens (tertiary/aromatic N) is 1. The molecule has 0 spiro atoms. The van der Waals surface area contributed by atoms with Crippen LogP contribution < -0.4 is 0 Å². The van der Waals surface area contributed by atoms with Crippen molar-refractivity contribution >= 4 is 11.9 Å². The van der Waals surface area contributed by atoms with Crippen LogP contribution in [0.5, 0.6) is 0 Å². The first-order valence-corrected chi connectivity index (χ1v) is 6.63. The van der Waals surface area contributed by atoms with Crippen molar-refractivity contribution in [3.05, 3.63) is 41.1 Å². The number of carbonyl (C=O) groups is 1. The highest BCUT2D eigenvalue weighted by molar-refractivity contribution is 6.01. The Morgan fingerprint density at radius 2 is 1.90 bits per heavy atom. The third kappa shape index (κ3) is 2.32. The van der Waals surface area contributed by atoms with Crippen molar-refractivity contribution in [3.8, 4) is 0 Å². The summed E-state index contributed by atoms with van der Waals surface area (Å²) in [6.45, 7) is 1.64. The average molecular weight is 281 g/mol. The number of fused-ring (bicyclic) bond motifs is 3. The summed E-state index contributed by atoms with van der Waals surface area (Å²) in [4.78, 5) is 14.1. The number of alkyl halides is 3. The Hall–Kier alpha value is -1.78. The fourth-order valence-corrected chi connectivity index (χ4v) is 2.87. The predicted molar refractivity (Wildman–Crippen MR) is 68.7 cm³/mol. The highest BCUT2D eigenvalue weighted by Gasteiger charge is 2.36. The number of carbonyl (C=O) groups excluding carboxylic acids is 1. The molecular weight excluding hydrogens is 267 g/mol. The van der Waals surface area contributed by atoms with E-state index in [9.17, 15) is 18.0 Å². The van der Waals surface area contributed by atoms with E-state index >= 15 is 0 Å². The first-order valence-electron chi connectivity index (χ1n) is 6.63. The molecule has 3 aliphatic rings. The second-order valence-electron chi connectivity index (χ2n) is 5.28. The molecule has 3 fully saturated rings. The van der Waals surface area contributed by atoms with Crippen molar-refractivity contribution in [2.45, 2.75) is 19.0 Å². The van der Waals surface area contributed by atoms with Gasteiger partial charge in [-0.1, -0.05) is 12.1 Å². The molecule has 1 aromatic carbocycles. The number of benzene rings is 1. The van der Waals surface area contributed by atoms with Gasteiger partial charge in [0, 0.05) is 19.0 Å². The van der Waals surface area contributed by atoms with E-state index in [1.54, 1.807) is 12.1 Å². The summed E-state index contributed by atoms with van der Waals surface area (Å²) >= 11 is 0. The molecule has 5 heteroatoms. The Balaban J connectivity index is 1.94. The first kappa shape index (κ1) is 13.2. The molecule has 1 aromatic rings. The number of Topliss-reactive ketones (excluding diaryl/α,β-unsaturated/α-hetero) is 1. The quantitative estimate of drug-likeness (QED) is 0.736. The van der Waals surface area contributed by atoms with Crippen LogP contribution in [0.1, 0.15) is 24.0 Å². The number of halogens is 3. The van der Waals surface area contributed by atoms with Gasteiger partial charge >= 0.3 is 6.18 Å². The van der Waals surface area contributed by atoms with Crippen molar-refractivity contribution in [2.75, 3.05) is 13.1 Å². The molecule has 0 aromatic heterocycles. The molecule has 3 saturated heterocycles. The molecule has 0 amide bonds. The van der Waals surface area contributed by atoms with Crippen LogP contribution in [0, 0.1) is 5.92 Å². The normalized spacial score (nSPS) is 21.9. The van der Waals surface area contributed by atoms with Gasteiger partial charge in [-0.05, 0) is 36.6 Å². The molecule has 3 aliphatic heterocycles. The number of ketones is 1. The van der Waals surface area contributed by atoms with E-state index in [1.165, 1.54) is 6.07 Å². The fraction of sp³-hybridized carbons (Fsp3) is 0.400. The SMILES string of the molecule is O=C1C(=Cc2cccc(C(F)(F)F)c2)N2CCC1CC2. The summed E-state index contributed by atoms with van der Waals surface area (Å²) in [5.41, 5.74) is 0.304. The molecule has 0 N–H and O–H groups in total. The van der Waals surface area contributed by atoms with Crippen molar-refractivity contribution in [1.29, 1.82) is 0 Å². The Kier molecular flexibility index (Phi) is 3.07. The van der Waals surface area contributed by atoms with E-state index in [-0.39, 0.29) is 11.7 Å². The highest BCUT2D eigenvalue weighted by atomic mass is 19.4. The summed E-state index contributed by atoms with van der Waals surface area (Å²) in [5.74, 6) is 0.122. The van der Waals surface area contributed by atoms with Gasteiger partial charge in [-0.25, -0.2) is 0 Å². The van der Waals surface area contributed by atoms with Gasteiger partial charge in [-0.3, -0.25) is 4.79 Å². The minimum Gasteiger partial charge on any atom is -0.369 e. The van der Waals surface area contributed by atoms with E-state index in [0.29, 0.717) is 11.3 Å². The fourth-order valence-electron chi connectivity index (χ4n) is 2.87. The smallest absolute Gasteiger partial charge is 0.369 e. The largest absolute Gasteiger partial charge is 0.416 e. The van der Waals surface area contributed by atoms with Crippen LogP contribution in [0.3, 0.4) is 0 Å². The Morgan fingerprint density at radius 1 is 1.20 bits per heavy atom. The molecule has 2 bridgehead atoms. The van der Waals surface area contributed by atoms with E-state index in [4.69, 9.17) is 0 Å². The second kappa shape index (κ2) is 4.65. The molecule has 2 nitrogen and oxygen atoms in total. The van der Waals surface area contributed by atoms with E-state index in [1.807, 2.05) is 4.90 Å². The van der Waals surface area contributed by atoms with E-state index < -0.39 is 11.7 Å². The van der Waals surface area contributed by atoms with Crippen LogP contribution >= 0.6 is 0 Å². The third-order valence-corrected chi connectivity index (χ3v) is 3.98. The van der Waals surface area contributed by atoms with Crippen molar-refractivity contribution in [3.63, 3.8) is 0 Å². The second-order valence-corrected chi connectivity index (χ2v) is 5.28. The summed E-state index contributed by atoms with van der Waals surface area (Å²) in [5, 5.41) is 0. The standard InChI is InChI=1S/C15H14F3NO/c16-15(17,18)12-3-1-2-10(8-12)9-13-14(20)11-4-6-19(13)7-5-11/h1-3,8-9,11H,4-7H2. The maximum absolute atomic E-state index is 12.7. The van der Waals surface area contributed by atoms with Gasteiger partial charge in [0.15, 0.2) is 5.78 Å². The molecular formula is C15H14F3NO. The lowest BCUT2D eigenvalue weighted by Gasteiger charge is -2.41. The van der Waals surface area contributed by atoms with Crippen LogP contribution in [0.15, 0.2) is 30.0 Å². The van der Waals surface area contributed by atoms with Gasteiger partial charge in [0.1, 0.15) is 0 Å². The Bertz CT molecular complexity index is 569. The van der Waals surface area contributed by atoms with Crippen LogP contribution in [-0.4, -0.2) is 23.8 Å². The van der Waals surface area contributed by atoms with E-state index in [2.05, 4.69) is 0 Å². The lowest BCUT2D eigenvalue weighted by atomic mass is 9.84. The highest BCUT2D eigenvalue weighted by Crippen LogP contribution is 2.34. The first-order chi connectivity index (χ1) is 9.45. The molecule has 106 valence electrons. The van der Waals surface area contributed by atoms with Crippen molar-refractivity contribution < 1.29 is 18.0 Å². The number of hydrogen-bond acceptors (Lipinski definition) is 2. The van der Waals surface area contributed by atoms with Crippen LogP contribution in [0.4, 0.5) is 13.2 Å². The summed E-state index contributed by atoms with van der Waals surface area (Å²) in [6, 6.07) is 5.09. The number of rotatable bonds is 1. The summed E-state index contributed by atoms with van der Waals surface area (Å²) in [7, 11) is 0. The zero-order valence-electron chi connectivity index (χ0n) is 10.8. The lowest BCUT2D eigenvalue weighted by Crippen LogP contribution is -2.45. The summed E-state index contributed by atoms with van der Waals surface area (Å²) in [6.07, 6.45) is -1.05. The van der Waals surface area contributed by atoms with Gasteiger partial charge < -0.3 is 4.90 Å². The minimum absolute atomic E-state index is 0.0528. The Morgan fingerprint density at radius 3 is 2.50 bits per heavy atom. The number of allylic oxidation sites excluding steroid dienone is 1. The van der Waals surface area contributed by atoms with Crippen LogP contribution in [0.2, 0.25) is 0 Å². The molecule has 0 radical (unpaired) electrons. The molecule has 3 heterocycles. The minimum atomic E-state index is -4.36. The summed E-state index contributed by atoms with van der Waals surface area (Å²) < 4.78 is 38.0. The average Bonchev–Trinajstić information content (AvgIpc) is 2.43. The van der Waals surface area contributed by atoms with Crippen molar-refractivity contribution in [2.24, 2.45) is 5.92 Å². The Labute approximate surface area is 114 Å². The topological polar surface area (TPSA) is 20.3 Å². The van der Waals surface area contributed by atoms with Gasteiger partial charge in [-0.2, -0.15) is 13.2 Å². The van der Waals surface area contributed by atoms with Crippen molar-refractivity contribution in [1.82, 2.24) is 4.90 Å². The molecule has 4 rings (SSSR count). The molecule has 0 saturated carbocycles. The molecule has 20 heavy (non-hydrogen) atoms. The molecule has 0 unspecified atom stereocenters. The van der Waals surface area contributed by atoms with Gasteiger partial charge in [0.05, 0.1) is 11.3 Å². The monoisotopic (exact) mass is 281 g/mol. The zero-order chi connectivity index (χ0) is 14.3. The van der Waals surface area contributed by atoms with Crippen LogP contribution in [0.25, 0.3) is 6.08 Å². The van der Waals surface area contributed by atoms with Gasteiger partial charge in [-0.15, -0.1) is 0 Å². The van der Waals surface area contributed by atoms with Gasteiger partial charge in [0.2, 0.25) is 0 Å². The predicted octanol–water partition coefficient (Wildman–Crippen LogP) is 3.34. The molecule has 0 aliphatic carbocycles. The van der Waals surface area contributed by atoms with Gasteiger partial charge in [0.25, 0.3) is 0 Å². The third-order valence-electron chi connectivity index (χ3n) is 3.98. The number of hydrogen-bond donors (Lipinski definition) is 0. The maximum Gasteiger partial charge on any atom is 0.416 e. The zero-order valence-corrected chi connectivity index (χ0v) is 10.8. The molecule has 0 atom stereocenters. The maximum atomic E-state index is 12.7. The van der Waals surface area contributed by atoms with E-state index in [0.717, 1.165) is 38.1 Å². The number of piperidine rings is 3.